The Kier molecular flexibility index (Phi) is 4.67. The predicted octanol–water partition coefficient (Wildman–Crippen LogP) is 2.87. The largest absolute Gasteiger partial charge is 0.467 e. The minimum absolute atomic E-state index is 0.383. The summed E-state index contributed by atoms with van der Waals surface area (Å²) in [6, 6.07) is 4.84. The molecule has 5 nitrogen and oxygen atoms in total. The number of carbonyl (C=O) groups excluding carboxylic acids is 1. The van der Waals surface area contributed by atoms with Crippen LogP contribution in [0, 0.1) is 0 Å². The quantitative estimate of drug-likeness (QED) is 0.498. The Balaban J connectivity index is 1.90. The van der Waals surface area contributed by atoms with E-state index >= 15 is 0 Å². The Bertz CT molecular complexity index is 631. The predicted molar refractivity (Wildman–Crippen MR) is 86.5 cm³/mol. The van der Waals surface area contributed by atoms with E-state index in [1.807, 2.05) is 6.92 Å². The van der Waals surface area contributed by atoms with Crippen molar-refractivity contribution in [3.8, 4) is 0 Å². The Morgan fingerprint density at radius 1 is 1.35 bits per heavy atom. The van der Waals surface area contributed by atoms with Crippen molar-refractivity contribution in [1.82, 2.24) is 5.32 Å². The Labute approximate surface area is 144 Å². The van der Waals surface area contributed by atoms with Crippen LogP contribution in [-0.4, -0.2) is 37.6 Å². The van der Waals surface area contributed by atoms with E-state index < -0.39 is 23.9 Å². The first-order chi connectivity index (χ1) is 11.0. The fraction of sp³-hybridized carbons (Fsp3) is 0.438. The van der Waals surface area contributed by atoms with Gasteiger partial charge >= 0.3 is 5.97 Å². The smallest absolute Gasteiger partial charge is 0.331 e. The lowest BCUT2D eigenvalue weighted by Crippen LogP contribution is -2.42. The van der Waals surface area contributed by atoms with Crippen molar-refractivity contribution in [3.63, 3.8) is 0 Å². The van der Waals surface area contributed by atoms with Gasteiger partial charge in [0.2, 0.25) is 0 Å². The molecule has 0 amide bonds. The van der Waals surface area contributed by atoms with E-state index in [0.717, 1.165) is 0 Å². The lowest BCUT2D eigenvalue weighted by Gasteiger charge is -2.21. The highest BCUT2D eigenvalue weighted by atomic mass is 35.5. The molecule has 0 unspecified atom stereocenters. The number of benzene rings is 1. The van der Waals surface area contributed by atoms with Gasteiger partial charge in [0.25, 0.3) is 0 Å². The van der Waals surface area contributed by atoms with Crippen LogP contribution in [-0.2, 0) is 19.0 Å². The molecule has 0 saturated carbocycles. The second-order valence-electron chi connectivity index (χ2n) is 5.34. The normalized spacial score (nSPS) is 32.1. The average molecular weight is 358 g/mol. The van der Waals surface area contributed by atoms with Crippen LogP contribution in [0.3, 0.4) is 0 Å². The van der Waals surface area contributed by atoms with E-state index in [9.17, 15) is 4.79 Å². The molecular weight excluding hydrogens is 341 g/mol. The maximum Gasteiger partial charge on any atom is 0.331 e. The van der Waals surface area contributed by atoms with Crippen LogP contribution in [0.15, 0.2) is 30.4 Å². The van der Waals surface area contributed by atoms with Gasteiger partial charge in [-0.2, -0.15) is 0 Å². The van der Waals surface area contributed by atoms with Crippen molar-refractivity contribution in [3.05, 3.63) is 46.0 Å². The molecule has 0 aromatic heterocycles. The lowest BCUT2D eigenvalue weighted by molar-refractivity contribution is -0.156. The molecule has 1 aromatic carbocycles. The number of ether oxygens (including phenoxy) is 3. The second-order valence-corrected chi connectivity index (χ2v) is 6.15. The van der Waals surface area contributed by atoms with Crippen molar-refractivity contribution >= 4 is 29.2 Å². The Hall–Kier alpha value is -1.11. The molecule has 3 rings (SSSR count). The summed E-state index contributed by atoms with van der Waals surface area (Å²) in [4.78, 5) is 12.4. The maximum atomic E-state index is 12.4. The molecule has 0 bridgehead atoms. The lowest BCUT2D eigenvalue weighted by atomic mass is 9.93. The number of rotatable bonds is 5. The van der Waals surface area contributed by atoms with E-state index in [4.69, 9.17) is 37.4 Å². The first kappa shape index (κ1) is 16.7. The maximum absolute atomic E-state index is 12.4. The zero-order valence-electron chi connectivity index (χ0n) is 12.7. The summed E-state index contributed by atoms with van der Waals surface area (Å²) in [5, 5.41) is 4.14. The highest BCUT2D eigenvalue weighted by Crippen LogP contribution is 2.51. The first-order valence-corrected chi connectivity index (χ1v) is 8.05. The van der Waals surface area contributed by atoms with Gasteiger partial charge in [-0.1, -0.05) is 35.3 Å². The molecule has 124 valence electrons. The van der Waals surface area contributed by atoms with Crippen molar-refractivity contribution in [1.29, 1.82) is 0 Å². The Morgan fingerprint density at radius 2 is 2.04 bits per heavy atom. The second kappa shape index (κ2) is 6.42. The van der Waals surface area contributed by atoms with E-state index in [2.05, 4.69) is 5.32 Å². The van der Waals surface area contributed by atoms with E-state index in [0.29, 0.717) is 22.2 Å². The van der Waals surface area contributed by atoms with Crippen molar-refractivity contribution in [2.45, 2.75) is 30.9 Å². The summed E-state index contributed by atoms with van der Waals surface area (Å²) in [7, 11) is 1.34. The number of methoxy groups -OCH3 is 1. The van der Waals surface area contributed by atoms with Crippen LogP contribution in [0.4, 0.5) is 0 Å². The number of carbonyl (C=O) groups is 1. The summed E-state index contributed by atoms with van der Waals surface area (Å²) >= 11 is 12.5. The van der Waals surface area contributed by atoms with Crippen LogP contribution < -0.4 is 5.32 Å². The number of halogens is 2. The van der Waals surface area contributed by atoms with Gasteiger partial charge in [0.15, 0.2) is 11.8 Å². The van der Waals surface area contributed by atoms with E-state index in [1.54, 1.807) is 30.4 Å². The molecule has 0 aliphatic carbocycles. The monoisotopic (exact) mass is 357 g/mol. The molecule has 0 radical (unpaired) electrons. The Morgan fingerprint density at radius 3 is 2.65 bits per heavy atom. The number of nitrogens with one attached hydrogen (secondary N) is 1. The van der Waals surface area contributed by atoms with Gasteiger partial charge in [0.1, 0.15) is 6.10 Å². The van der Waals surface area contributed by atoms with Crippen LogP contribution >= 0.6 is 23.2 Å². The molecule has 1 saturated heterocycles. The zero-order valence-corrected chi connectivity index (χ0v) is 14.2. The van der Waals surface area contributed by atoms with Gasteiger partial charge in [-0.15, -0.1) is 0 Å². The third-order valence-corrected chi connectivity index (χ3v) is 4.73. The number of hydrogen-bond acceptors (Lipinski definition) is 5. The topological polar surface area (TPSA) is 66.7 Å². The summed E-state index contributed by atoms with van der Waals surface area (Å²) in [6.45, 7) is 2.39. The van der Waals surface area contributed by atoms with Gasteiger partial charge in [-0.3, -0.25) is 5.32 Å². The number of esters is 1. The van der Waals surface area contributed by atoms with Crippen LogP contribution in [0.25, 0.3) is 0 Å². The highest BCUT2D eigenvalue weighted by Gasteiger charge is 2.68. The van der Waals surface area contributed by atoms with Gasteiger partial charge in [-0.25, -0.2) is 4.79 Å². The summed E-state index contributed by atoms with van der Waals surface area (Å²) < 4.78 is 16.2. The third kappa shape index (κ3) is 2.77. The van der Waals surface area contributed by atoms with Gasteiger partial charge in [-0.05, 0) is 25.1 Å². The molecule has 2 aliphatic rings. The highest BCUT2D eigenvalue weighted by molar-refractivity contribution is 6.36. The van der Waals surface area contributed by atoms with Crippen molar-refractivity contribution < 1.29 is 19.0 Å². The molecule has 23 heavy (non-hydrogen) atoms. The fourth-order valence-electron chi connectivity index (χ4n) is 2.94. The summed E-state index contributed by atoms with van der Waals surface area (Å²) in [5.74, 6) is -0.426. The number of hydrogen-bond donors (Lipinski definition) is 1. The molecule has 7 heteroatoms. The molecule has 2 heterocycles. The van der Waals surface area contributed by atoms with E-state index in [-0.39, 0.29) is 6.04 Å². The molecule has 1 N–H and O–H groups in total. The minimum atomic E-state index is -1.05. The third-order valence-electron chi connectivity index (χ3n) is 4.07. The zero-order chi connectivity index (χ0) is 16.6. The minimum Gasteiger partial charge on any atom is -0.467 e. The fourth-order valence-corrected chi connectivity index (χ4v) is 3.55. The van der Waals surface area contributed by atoms with Gasteiger partial charge in [0.05, 0.1) is 13.2 Å². The molecule has 1 fully saturated rings. The molecular formula is C16H17Cl2NO4. The van der Waals surface area contributed by atoms with Crippen molar-refractivity contribution in [2.75, 3.05) is 13.7 Å². The molecule has 0 spiro atoms. The molecule has 4 atom stereocenters. The standard InChI is InChI=1S/C16H17Cl2NO4/c1-3-22-12-8-7-11(23-12)16(15(20)21-2)14(19-16)13-9(17)5-4-6-10(13)18/h4-8,11-12,14,19H,3H2,1-2H3/t11-,12-,14+,16+/m0/s1. The summed E-state index contributed by atoms with van der Waals surface area (Å²) in [6.07, 6.45) is 2.58. The van der Waals surface area contributed by atoms with E-state index in [1.165, 1.54) is 7.11 Å². The first-order valence-electron chi connectivity index (χ1n) is 7.30. The molecule has 1 aromatic rings. The van der Waals surface area contributed by atoms with Crippen LogP contribution in [0.1, 0.15) is 18.5 Å². The summed E-state index contributed by atoms with van der Waals surface area (Å²) in [5.41, 5.74) is -0.385. The van der Waals surface area contributed by atoms with Gasteiger partial charge < -0.3 is 14.2 Å². The SMILES string of the molecule is CCO[C@@H]1C=C[C@@H]([C@@]2(C(=O)OC)N[C@@H]2c2c(Cl)cccc2Cl)O1. The van der Waals surface area contributed by atoms with Crippen molar-refractivity contribution in [2.24, 2.45) is 0 Å². The average Bonchev–Trinajstić information content (AvgIpc) is 3.08. The van der Waals surface area contributed by atoms with Crippen LogP contribution in [0.2, 0.25) is 10.0 Å². The van der Waals surface area contributed by atoms with Gasteiger partial charge in [0, 0.05) is 22.2 Å². The molecule has 2 aliphatic heterocycles. The van der Waals surface area contributed by atoms with Crippen LogP contribution in [0.5, 0.6) is 0 Å².